The molecule has 0 aliphatic heterocycles. The van der Waals surface area contributed by atoms with Crippen LogP contribution in [-0.2, 0) is 4.79 Å². The zero-order valence-electron chi connectivity index (χ0n) is 10.7. The first-order chi connectivity index (χ1) is 8.38. The normalized spacial score (nSPS) is 12.3. The van der Waals surface area contributed by atoms with Crippen LogP contribution >= 0.6 is 0 Å². The summed E-state index contributed by atoms with van der Waals surface area (Å²) >= 11 is 0. The highest BCUT2D eigenvalue weighted by molar-refractivity contribution is 5.79. The van der Waals surface area contributed by atoms with Crippen LogP contribution < -0.4 is 15.8 Å². The maximum absolute atomic E-state index is 10.7. The molecule has 0 saturated carbocycles. The summed E-state index contributed by atoms with van der Waals surface area (Å²) in [5, 5.41) is 12.0. The second-order valence-corrected chi connectivity index (χ2v) is 4.14. The molecule has 0 radical (unpaired) electrons. The van der Waals surface area contributed by atoms with Crippen molar-refractivity contribution < 1.29 is 14.6 Å². The number of carbonyl (C=O) groups excluding carboxylic acids is 1. The second-order valence-electron chi connectivity index (χ2n) is 4.14. The maximum atomic E-state index is 10.7. The molecule has 0 saturated heterocycles. The number of aliphatic hydroxyl groups is 1. The van der Waals surface area contributed by atoms with Crippen LogP contribution in [0, 0.1) is 6.92 Å². The Kier molecular flexibility index (Phi) is 4.85. The first-order valence-corrected chi connectivity index (χ1v) is 5.62. The van der Waals surface area contributed by atoms with E-state index in [1.165, 1.54) is 0 Å². The number of rotatable bonds is 6. The van der Waals surface area contributed by atoms with Gasteiger partial charge in [0.05, 0.1) is 12.6 Å². The molecule has 0 aliphatic carbocycles. The van der Waals surface area contributed by atoms with Crippen LogP contribution in [-0.4, -0.2) is 39.7 Å². The highest BCUT2D eigenvalue weighted by Gasteiger charge is 2.11. The molecule has 0 fully saturated rings. The van der Waals surface area contributed by atoms with E-state index in [-0.39, 0.29) is 18.6 Å². The zero-order valence-corrected chi connectivity index (χ0v) is 10.7. The lowest BCUT2D eigenvalue weighted by atomic mass is 10.3. The summed E-state index contributed by atoms with van der Waals surface area (Å²) in [6.45, 7) is 5.53. The number of nitrogens with two attached hydrogens (primary N) is 1. The molecule has 1 heterocycles. The molecule has 1 aromatic rings. The highest BCUT2D eigenvalue weighted by atomic mass is 16.5. The minimum atomic E-state index is -1.27. The summed E-state index contributed by atoms with van der Waals surface area (Å²) in [7, 11) is 0. The van der Waals surface area contributed by atoms with Crippen LogP contribution in [0.2, 0.25) is 0 Å². The van der Waals surface area contributed by atoms with Crippen molar-refractivity contribution in [3.05, 3.63) is 11.8 Å². The smallest absolute Gasteiger partial charge is 0.248 e. The summed E-state index contributed by atoms with van der Waals surface area (Å²) in [5.74, 6) is -0.0756. The average molecular weight is 254 g/mol. The third-order valence-electron chi connectivity index (χ3n) is 1.97. The number of ether oxygens (including phenoxy) is 1. The number of nitrogens with one attached hydrogen (secondary N) is 1. The number of primary amides is 1. The van der Waals surface area contributed by atoms with Gasteiger partial charge >= 0.3 is 0 Å². The number of hydrogen-bond acceptors (Lipinski definition) is 6. The van der Waals surface area contributed by atoms with Gasteiger partial charge in [-0.1, -0.05) is 0 Å². The Labute approximate surface area is 105 Å². The lowest BCUT2D eigenvalue weighted by Crippen LogP contribution is -2.34. The fourth-order valence-electron chi connectivity index (χ4n) is 1.21. The molecule has 1 rings (SSSR count). The van der Waals surface area contributed by atoms with Crippen molar-refractivity contribution in [3.8, 4) is 5.88 Å². The van der Waals surface area contributed by atoms with Gasteiger partial charge in [-0.15, -0.1) is 0 Å². The number of aromatic nitrogens is 2. The molecule has 1 atom stereocenters. The number of carbonyl (C=O) groups is 1. The Morgan fingerprint density at radius 2 is 2.22 bits per heavy atom. The van der Waals surface area contributed by atoms with Crippen LogP contribution in [0.25, 0.3) is 0 Å². The van der Waals surface area contributed by atoms with Crippen molar-refractivity contribution >= 4 is 11.9 Å². The largest absolute Gasteiger partial charge is 0.475 e. The van der Waals surface area contributed by atoms with Gasteiger partial charge in [-0.2, -0.15) is 4.98 Å². The van der Waals surface area contributed by atoms with Gasteiger partial charge in [0.15, 0.2) is 0 Å². The molecule has 18 heavy (non-hydrogen) atoms. The predicted molar refractivity (Wildman–Crippen MR) is 66.2 cm³/mol. The Bertz CT molecular complexity index is 423. The molecule has 7 heteroatoms. The molecule has 7 nitrogen and oxygen atoms in total. The molecule has 100 valence electrons. The van der Waals surface area contributed by atoms with E-state index in [0.717, 1.165) is 5.69 Å². The average Bonchev–Trinajstić information content (AvgIpc) is 2.23. The number of aliphatic hydroxyl groups excluding tert-OH is 1. The van der Waals surface area contributed by atoms with E-state index >= 15 is 0 Å². The second kappa shape index (κ2) is 6.15. The van der Waals surface area contributed by atoms with Crippen molar-refractivity contribution in [1.29, 1.82) is 0 Å². The van der Waals surface area contributed by atoms with Crippen LogP contribution in [0.3, 0.4) is 0 Å². The van der Waals surface area contributed by atoms with Crippen LogP contribution in [0.4, 0.5) is 5.95 Å². The maximum Gasteiger partial charge on any atom is 0.248 e. The van der Waals surface area contributed by atoms with Crippen molar-refractivity contribution in [2.45, 2.75) is 33.0 Å². The molecule has 0 spiro atoms. The summed E-state index contributed by atoms with van der Waals surface area (Å²) in [4.78, 5) is 18.9. The zero-order chi connectivity index (χ0) is 13.7. The van der Waals surface area contributed by atoms with Crippen molar-refractivity contribution in [1.82, 2.24) is 9.97 Å². The third-order valence-corrected chi connectivity index (χ3v) is 1.97. The molecular formula is C11H18N4O3. The molecule has 1 aromatic heterocycles. The van der Waals surface area contributed by atoms with E-state index in [4.69, 9.17) is 10.5 Å². The number of amides is 1. The molecule has 1 unspecified atom stereocenters. The standard InChI is InChI=1S/C11H18N4O3/c1-6(2)18-9-4-7(3)14-11(15-9)13-5-8(16)10(12)17/h4,6,8,16H,5H2,1-3H3,(H2,12,17)(H,13,14,15). The molecule has 1 amide bonds. The minimum Gasteiger partial charge on any atom is -0.475 e. The van der Waals surface area contributed by atoms with Gasteiger partial charge in [0.1, 0.15) is 6.10 Å². The number of hydrogen-bond donors (Lipinski definition) is 3. The molecule has 0 aliphatic rings. The lowest BCUT2D eigenvalue weighted by molar-refractivity contribution is -0.125. The van der Waals surface area contributed by atoms with Gasteiger partial charge in [0.25, 0.3) is 0 Å². The monoisotopic (exact) mass is 254 g/mol. The minimum absolute atomic E-state index is 0.00311. The highest BCUT2D eigenvalue weighted by Crippen LogP contribution is 2.13. The Morgan fingerprint density at radius 3 is 2.78 bits per heavy atom. The summed E-state index contributed by atoms with van der Waals surface area (Å²) in [6, 6.07) is 1.70. The third kappa shape index (κ3) is 4.54. The van der Waals surface area contributed by atoms with Crippen molar-refractivity contribution in [3.63, 3.8) is 0 Å². The Morgan fingerprint density at radius 1 is 1.56 bits per heavy atom. The summed E-state index contributed by atoms with van der Waals surface area (Å²) in [5.41, 5.74) is 5.65. The van der Waals surface area contributed by atoms with Gasteiger partial charge in [0.2, 0.25) is 17.7 Å². The van der Waals surface area contributed by atoms with Crippen LogP contribution in [0.1, 0.15) is 19.5 Å². The quantitative estimate of drug-likeness (QED) is 0.650. The van der Waals surface area contributed by atoms with Crippen molar-refractivity contribution in [2.75, 3.05) is 11.9 Å². The van der Waals surface area contributed by atoms with Gasteiger partial charge in [-0.25, -0.2) is 4.98 Å². The summed E-state index contributed by atoms with van der Waals surface area (Å²) < 4.78 is 5.44. The SMILES string of the molecule is Cc1cc(OC(C)C)nc(NCC(O)C(N)=O)n1. The first kappa shape index (κ1) is 14.2. The Balaban J connectivity index is 2.71. The molecule has 0 aromatic carbocycles. The fraction of sp³-hybridized carbons (Fsp3) is 0.545. The van der Waals surface area contributed by atoms with Gasteiger partial charge in [-0.3, -0.25) is 4.79 Å². The van der Waals surface area contributed by atoms with E-state index in [1.807, 2.05) is 13.8 Å². The Hall–Kier alpha value is -1.89. The van der Waals surface area contributed by atoms with E-state index in [1.54, 1.807) is 13.0 Å². The lowest BCUT2D eigenvalue weighted by Gasteiger charge is -2.12. The topological polar surface area (TPSA) is 110 Å². The van der Waals surface area contributed by atoms with Crippen molar-refractivity contribution in [2.24, 2.45) is 5.73 Å². The van der Waals surface area contributed by atoms with Gasteiger partial charge < -0.3 is 20.9 Å². The van der Waals surface area contributed by atoms with E-state index < -0.39 is 12.0 Å². The van der Waals surface area contributed by atoms with E-state index in [9.17, 15) is 9.90 Å². The summed E-state index contributed by atoms with van der Waals surface area (Å²) in [6.07, 6.45) is -1.27. The van der Waals surface area contributed by atoms with Gasteiger partial charge in [-0.05, 0) is 20.8 Å². The van der Waals surface area contributed by atoms with Gasteiger partial charge in [0, 0.05) is 11.8 Å². The first-order valence-electron chi connectivity index (χ1n) is 5.62. The fourth-order valence-corrected chi connectivity index (χ4v) is 1.21. The number of nitrogens with zero attached hydrogens (tertiary/aromatic N) is 2. The number of anilines is 1. The number of aryl methyl sites for hydroxylation is 1. The molecule has 4 N–H and O–H groups in total. The van der Waals surface area contributed by atoms with E-state index in [2.05, 4.69) is 15.3 Å². The predicted octanol–water partition coefficient (Wildman–Crippen LogP) is -0.170. The van der Waals surface area contributed by atoms with E-state index in [0.29, 0.717) is 5.88 Å². The van der Waals surface area contributed by atoms with Crippen LogP contribution in [0.5, 0.6) is 5.88 Å². The molecule has 0 bridgehead atoms. The molecular weight excluding hydrogens is 236 g/mol. The van der Waals surface area contributed by atoms with Crippen LogP contribution in [0.15, 0.2) is 6.07 Å².